The Labute approximate surface area is 125 Å². The van der Waals surface area contributed by atoms with Crippen LogP contribution in [0.15, 0.2) is 41.6 Å². The Bertz CT molecular complexity index is 677. The number of nitrogens with one attached hydrogen (secondary N) is 2. The summed E-state index contributed by atoms with van der Waals surface area (Å²) >= 11 is 0. The van der Waals surface area contributed by atoms with Crippen molar-refractivity contribution in [1.82, 2.24) is 19.6 Å². The van der Waals surface area contributed by atoms with Gasteiger partial charge in [0, 0.05) is 19.4 Å². The summed E-state index contributed by atoms with van der Waals surface area (Å²) in [4.78, 5) is 4.36. The average molecular weight is 308 g/mol. The van der Waals surface area contributed by atoms with Gasteiger partial charge in [-0.3, -0.25) is 0 Å². The van der Waals surface area contributed by atoms with Crippen LogP contribution in [0.5, 0.6) is 0 Å². The van der Waals surface area contributed by atoms with Crippen LogP contribution >= 0.6 is 0 Å². The molecular formula is C14H20N4O2S. The van der Waals surface area contributed by atoms with Gasteiger partial charge in [0.15, 0.2) is 0 Å². The third kappa shape index (κ3) is 4.13. The smallest absolute Gasteiger partial charge is 0.240 e. The normalized spacial score (nSPS) is 11.7. The lowest BCUT2D eigenvalue weighted by atomic mass is 10.1. The summed E-state index contributed by atoms with van der Waals surface area (Å²) in [5.41, 5.74) is 1.10. The number of rotatable bonds is 7. The molecule has 114 valence electrons. The quantitative estimate of drug-likeness (QED) is 0.788. The molecule has 0 atom stereocenters. The summed E-state index contributed by atoms with van der Waals surface area (Å²) in [6.45, 7) is 1.04. The second-order valence-electron chi connectivity index (χ2n) is 4.78. The van der Waals surface area contributed by atoms with Crippen molar-refractivity contribution in [3.63, 3.8) is 0 Å². The molecule has 2 aromatic rings. The SMILES string of the molecule is CNCCc1ccc(S(=O)(=O)NCc2nccn2C)cc1. The lowest BCUT2D eigenvalue weighted by Gasteiger charge is -2.08. The van der Waals surface area contributed by atoms with E-state index in [0.29, 0.717) is 5.82 Å². The van der Waals surface area contributed by atoms with Gasteiger partial charge >= 0.3 is 0 Å². The van der Waals surface area contributed by atoms with Gasteiger partial charge < -0.3 is 9.88 Å². The zero-order valence-corrected chi connectivity index (χ0v) is 13.0. The molecule has 0 fully saturated rings. The Morgan fingerprint density at radius 2 is 1.95 bits per heavy atom. The number of likely N-dealkylation sites (N-methyl/N-ethyl adjacent to an activating group) is 1. The molecule has 21 heavy (non-hydrogen) atoms. The zero-order chi connectivity index (χ0) is 15.3. The number of aryl methyl sites for hydroxylation is 1. The third-order valence-corrected chi connectivity index (χ3v) is 4.66. The molecule has 2 rings (SSSR count). The van der Waals surface area contributed by atoms with Crippen LogP contribution in [0.1, 0.15) is 11.4 Å². The molecule has 0 amide bonds. The van der Waals surface area contributed by atoms with E-state index in [9.17, 15) is 8.42 Å². The van der Waals surface area contributed by atoms with E-state index in [1.54, 1.807) is 29.1 Å². The minimum absolute atomic E-state index is 0.174. The van der Waals surface area contributed by atoms with Crippen LogP contribution in [0, 0.1) is 0 Å². The average Bonchev–Trinajstić information content (AvgIpc) is 2.89. The van der Waals surface area contributed by atoms with Crippen LogP contribution in [0.2, 0.25) is 0 Å². The summed E-state index contributed by atoms with van der Waals surface area (Å²) in [6, 6.07) is 6.94. The van der Waals surface area contributed by atoms with Gasteiger partial charge in [-0.25, -0.2) is 18.1 Å². The Kier molecular flexibility index (Phi) is 5.11. The number of nitrogens with zero attached hydrogens (tertiary/aromatic N) is 2. The molecule has 0 bridgehead atoms. The van der Waals surface area contributed by atoms with Gasteiger partial charge in [0.25, 0.3) is 0 Å². The van der Waals surface area contributed by atoms with Gasteiger partial charge in [-0.2, -0.15) is 0 Å². The van der Waals surface area contributed by atoms with Crippen LogP contribution in [-0.4, -0.2) is 31.6 Å². The van der Waals surface area contributed by atoms with E-state index in [1.807, 2.05) is 26.2 Å². The minimum Gasteiger partial charge on any atom is -0.337 e. The highest BCUT2D eigenvalue weighted by Crippen LogP contribution is 2.11. The van der Waals surface area contributed by atoms with Crippen LogP contribution < -0.4 is 10.0 Å². The van der Waals surface area contributed by atoms with Crippen LogP contribution in [0.4, 0.5) is 0 Å². The summed E-state index contributed by atoms with van der Waals surface area (Å²) in [7, 11) is 0.206. The van der Waals surface area contributed by atoms with Gasteiger partial charge in [0.2, 0.25) is 10.0 Å². The number of benzene rings is 1. The highest BCUT2D eigenvalue weighted by Gasteiger charge is 2.14. The third-order valence-electron chi connectivity index (χ3n) is 3.24. The van der Waals surface area contributed by atoms with E-state index in [-0.39, 0.29) is 11.4 Å². The minimum atomic E-state index is -3.51. The maximum Gasteiger partial charge on any atom is 0.240 e. The fourth-order valence-corrected chi connectivity index (χ4v) is 2.89. The second kappa shape index (κ2) is 6.84. The fraction of sp³-hybridized carbons (Fsp3) is 0.357. The highest BCUT2D eigenvalue weighted by atomic mass is 32.2. The molecule has 0 aliphatic heterocycles. The maximum atomic E-state index is 12.2. The van der Waals surface area contributed by atoms with E-state index in [0.717, 1.165) is 18.5 Å². The van der Waals surface area contributed by atoms with Crippen molar-refractivity contribution < 1.29 is 8.42 Å². The first-order valence-electron chi connectivity index (χ1n) is 6.72. The number of hydrogen-bond donors (Lipinski definition) is 2. The lowest BCUT2D eigenvalue weighted by Crippen LogP contribution is -2.24. The van der Waals surface area contributed by atoms with E-state index in [4.69, 9.17) is 0 Å². The van der Waals surface area contributed by atoms with Crippen molar-refractivity contribution in [3.8, 4) is 0 Å². The second-order valence-corrected chi connectivity index (χ2v) is 6.54. The molecule has 0 saturated heterocycles. The first-order valence-corrected chi connectivity index (χ1v) is 8.20. The van der Waals surface area contributed by atoms with Gasteiger partial charge in [0.05, 0.1) is 11.4 Å². The van der Waals surface area contributed by atoms with Crippen molar-refractivity contribution in [2.24, 2.45) is 7.05 Å². The van der Waals surface area contributed by atoms with Gasteiger partial charge in [-0.15, -0.1) is 0 Å². The molecule has 1 aromatic heterocycles. The van der Waals surface area contributed by atoms with Crippen molar-refractivity contribution in [3.05, 3.63) is 48.0 Å². The van der Waals surface area contributed by atoms with Crippen molar-refractivity contribution in [2.45, 2.75) is 17.9 Å². The van der Waals surface area contributed by atoms with Crippen LogP contribution in [0.25, 0.3) is 0 Å². The van der Waals surface area contributed by atoms with E-state index < -0.39 is 10.0 Å². The standard InChI is InChI=1S/C14H20N4O2S/c1-15-8-7-12-3-5-13(6-4-12)21(19,20)17-11-14-16-9-10-18(14)2/h3-6,9-10,15,17H,7-8,11H2,1-2H3. The molecule has 1 heterocycles. The molecule has 1 aromatic carbocycles. The van der Waals surface area contributed by atoms with Crippen LogP contribution in [-0.2, 0) is 30.0 Å². The largest absolute Gasteiger partial charge is 0.337 e. The lowest BCUT2D eigenvalue weighted by molar-refractivity contribution is 0.577. The first kappa shape index (κ1) is 15.7. The number of imidazole rings is 1. The molecule has 0 radical (unpaired) electrons. The molecule has 0 aliphatic carbocycles. The Morgan fingerprint density at radius 3 is 2.52 bits per heavy atom. The fourth-order valence-electron chi connectivity index (χ4n) is 1.91. The predicted octanol–water partition coefficient (Wildman–Crippen LogP) is 0.660. The number of sulfonamides is 1. The molecule has 0 saturated carbocycles. The molecule has 7 heteroatoms. The number of aromatic nitrogens is 2. The Morgan fingerprint density at radius 1 is 1.24 bits per heavy atom. The molecule has 0 unspecified atom stereocenters. The molecular weight excluding hydrogens is 288 g/mol. The predicted molar refractivity (Wildman–Crippen MR) is 81.3 cm³/mol. The zero-order valence-electron chi connectivity index (χ0n) is 12.2. The van der Waals surface area contributed by atoms with Gasteiger partial charge in [-0.1, -0.05) is 12.1 Å². The van der Waals surface area contributed by atoms with E-state index in [1.165, 1.54) is 0 Å². The van der Waals surface area contributed by atoms with Crippen LogP contribution in [0.3, 0.4) is 0 Å². The maximum absolute atomic E-state index is 12.2. The van der Waals surface area contributed by atoms with E-state index >= 15 is 0 Å². The van der Waals surface area contributed by atoms with Crippen molar-refractivity contribution >= 4 is 10.0 Å². The summed E-state index contributed by atoms with van der Waals surface area (Å²) in [5, 5.41) is 3.06. The van der Waals surface area contributed by atoms with Crippen molar-refractivity contribution in [2.75, 3.05) is 13.6 Å². The van der Waals surface area contributed by atoms with Gasteiger partial charge in [-0.05, 0) is 37.7 Å². The Hall–Kier alpha value is -1.70. The summed E-state index contributed by atoms with van der Waals surface area (Å²) < 4.78 is 28.7. The topological polar surface area (TPSA) is 76.0 Å². The Balaban J connectivity index is 2.03. The molecule has 0 aliphatic rings. The van der Waals surface area contributed by atoms with Crippen molar-refractivity contribution in [1.29, 1.82) is 0 Å². The van der Waals surface area contributed by atoms with Gasteiger partial charge in [0.1, 0.15) is 5.82 Å². The highest BCUT2D eigenvalue weighted by molar-refractivity contribution is 7.89. The number of hydrogen-bond acceptors (Lipinski definition) is 4. The summed E-state index contributed by atoms with van der Waals surface area (Å²) in [5.74, 6) is 0.671. The monoisotopic (exact) mass is 308 g/mol. The molecule has 0 spiro atoms. The molecule has 2 N–H and O–H groups in total. The first-order chi connectivity index (χ1) is 10.0. The van der Waals surface area contributed by atoms with E-state index in [2.05, 4.69) is 15.0 Å². The summed E-state index contributed by atoms with van der Waals surface area (Å²) in [6.07, 6.45) is 4.29. The molecule has 6 nitrogen and oxygen atoms in total.